The van der Waals surface area contributed by atoms with Gasteiger partial charge in [0, 0.05) is 22.9 Å². The molecule has 2 atom stereocenters. The van der Waals surface area contributed by atoms with Gasteiger partial charge in [0.2, 0.25) is 11.8 Å². The SMILES string of the molecule is C#Cc1ccc(C(C(=O)NC(C)C)N(C(=O)C(CS)NC(=O)OC(C)(C)C)C(C)(C)C)cc1. The summed E-state index contributed by atoms with van der Waals surface area (Å²) in [5.41, 5.74) is -0.227. The number of nitrogens with one attached hydrogen (secondary N) is 2. The van der Waals surface area contributed by atoms with Crippen LogP contribution in [0.1, 0.15) is 72.6 Å². The highest BCUT2D eigenvalue weighted by Crippen LogP contribution is 2.30. The van der Waals surface area contributed by atoms with Gasteiger partial charge in [0.15, 0.2) is 0 Å². The maximum absolute atomic E-state index is 13.7. The van der Waals surface area contributed by atoms with Gasteiger partial charge < -0.3 is 20.3 Å². The first-order valence-corrected chi connectivity index (χ1v) is 11.5. The van der Waals surface area contributed by atoms with Crippen LogP contribution in [0, 0.1) is 12.3 Å². The summed E-state index contributed by atoms with van der Waals surface area (Å²) in [5.74, 6) is 1.79. The second kappa shape index (κ2) is 11.5. The number of terminal acetylenes is 1. The van der Waals surface area contributed by atoms with Gasteiger partial charge in [0.25, 0.3) is 0 Å². The molecule has 0 spiro atoms. The van der Waals surface area contributed by atoms with E-state index in [9.17, 15) is 14.4 Å². The predicted octanol–water partition coefficient (Wildman–Crippen LogP) is 3.68. The third kappa shape index (κ3) is 8.65. The van der Waals surface area contributed by atoms with Crippen molar-refractivity contribution in [1.29, 1.82) is 0 Å². The van der Waals surface area contributed by atoms with Crippen molar-refractivity contribution in [3.63, 3.8) is 0 Å². The monoisotopic (exact) mass is 475 g/mol. The number of carbonyl (C=O) groups is 3. The second-order valence-electron chi connectivity index (χ2n) is 10.1. The molecule has 1 rings (SSSR count). The molecule has 7 nitrogen and oxygen atoms in total. The van der Waals surface area contributed by atoms with Crippen LogP contribution in [0.3, 0.4) is 0 Å². The van der Waals surface area contributed by atoms with Crippen molar-refractivity contribution in [3.8, 4) is 12.3 Å². The highest BCUT2D eigenvalue weighted by molar-refractivity contribution is 7.80. The highest BCUT2D eigenvalue weighted by atomic mass is 32.1. The molecule has 0 aliphatic rings. The maximum Gasteiger partial charge on any atom is 0.408 e. The van der Waals surface area contributed by atoms with Crippen molar-refractivity contribution in [2.24, 2.45) is 0 Å². The molecule has 0 bridgehead atoms. The summed E-state index contributed by atoms with van der Waals surface area (Å²) < 4.78 is 5.30. The highest BCUT2D eigenvalue weighted by Gasteiger charge is 2.41. The van der Waals surface area contributed by atoms with E-state index in [1.54, 1.807) is 45.0 Å². The summed E-state index contributed by atoms with van der Waals surface area (Å²) in [6.07, 6.45) is 4.74. The minimum absolute atomic E-state index is 0.0270. The number of ether oxygens (including phenoxy) is 1. The summed E-state index contributed by atoms with van der Waals surface area (Å²) in [6.45, 7) is 14.4. The van der Waals surface area contributed by atoms with Crippen LogP contribution in [-0.2, 0) is 14.3 Å². The van der Waals surface area contributed by atoms with Gasteiger partial charge in [-0.25, -0.2) is 4.79 Å². The summed E-state index contributed by atoms with van der Waals surface area (Å²) in [6, 6.07) is 4.85. The molecule has 0 radical (unpaired) electrons. The van der Waals surface area contributed by atoms with Crippen LogP contribution in [0.4, 0.5) is 4.79 Å². The van der Waals surface area contributed by atoms with Crippen molar-refractivity contribution < 1.29 is 19.1 Å². The van der Waals surface area contributed by atoms with E-state index in [1.807, 2.05) is 34.6 Å². The van der Waals surface area contributed by atoms with E-state index in [1.165, 1.54) is 4.90 Å². The van der Waals surface area contributed by atoms with Crippen LogP contribution < -0.4 is 10.6 Å². The molecule has 1 aromatic rings. The van der Waals surface area contributed by atoms with Crippen LogP contribution in [0.15, 0.2) is 24.3 Å². The van der Waals surface area contributed by atoms with Gasteiger partial charge in [-0.15, -0.1) is 6.42 Å². The quantitative estimate of drug-likeness (QED) is 0.415. The molecule has 33 heavy (non-hydrogen) atoms. The van der Waals surface area contributed by atoms with Crippen LogP contribution in [0.5, 0.6) is 0 Å². The van der Waals surface area contributed by atoms with Crippen molar-refractivity contribution >= 4 is 30.5 Å². The number of alkyl carbamates (subject to hydrolysis) is 1. The molecule has 0 saturated heterocycles. The fourth-order valence-corrected chi connectivity index (χ4v) is 3.44. The first-order valence-electron chi connectivity index (χ1n) is 10.9. The lowest BCUT2D eigenvalue weighted by Gasteiger charge is -2.43. The molecule has 0 aliphatic carbocycles. The van der Waals surface area contributed by atoms with Crippen LogP contribution in [0.2, 0.25) is 0 Å². The summed E-state index contributed by atoms with van der Waals surface area (Å²) in [5, 5.41) is 5.49. The average molecular weight is 476 g/mol. The van der Waals surface area contributed by atoms with Gasteiger partial charge in [0.1, 0.15) is 17.7 Å². The number of benzene rings is 1. The molecule has 3 amide bonds. The van der Waals surface area contributed by atoms with Gasteiger partial charge in [-0.2, -0.15) is 12.6 Å². The molecular formula is C25H37N3O4S. The third-order valence-electron chi connectivity index (χ3n) is 4.46. The van der Waals surface area contributed by atoms with E-state index in [0.29, 0.717) is 11.1 Å². The smallest absolute Gasteiger partial charge is 0.408 e. The van der Waals surface area contributed by atoms with Gasteiger partial charge in [-0.3, -0.25) is 9.59 Å². The first kappa shape index (κ1) is 28.4. The molecule has 0 aliphatic heterocycles. The number of thiol groups is 1. The van der Waals surface area contributed by atoms with E-state index in [-0.39, 0.29) is 17.7 Å². The molecule has 2 unspecified atom stereocenters. The normalized spacial score (nSPS) is 13.5. The minimum atomic E-state index is -0.998. The standard InChI is InChI=1S/C25H37N3O4S/c1-10-17-11-13-18(14-12-17)20(21(29)26-16(2)3)28(24(4,5)6)22(30)19(15-33)27-23(31)32-25(7,8)9/h1,11-14,16,19-20,33H,15H2,2-9H3,(H,26,29)(H,27,31). The number of rotatable bonds is 7. The Morgan fingerprint density at radius 2 is 1.61 bits per heavy atom. The zero-order chi connectivity index (χ0) is 25.6. The minimum Gasteiger partial charge on any atom is -0.444 e. The summed E-state index contributed by atoms with van der Waals surface area (Å²) >= 11 is 4.28. The molecule has 2 N–H and O–H groups in total. The Bertz CT molecular complexity index is 877. The fourth-order valence-electron chi connectivity index (χ4n) is 3.19. The van der Waals surface area contributed by atoms with Crippen molar-refractivity contribution in [1.82, 2.24) is 15.5 Å². The molecule has 0 fully saturated rings. The zero-order valence-electron chi connectivity index (χ0n) is 20.9. The van der Waals surface area contributed by atoms with E-state index in [2.05, 4.69) is 29.2 Å². The van der Waals surface area contributed by atoms with E-state index >= 15 is 0 Å². The van der Waals surface area contributed by atoms with E-state index < -0.39 is 35.2 Å². The molecule has 8 heteroatoms. The number of carbonyl (C=O) groups excluding carboxylic acids is 3. The van der Waals surface area contributed by atoms with E-state index in [4.69, 9.17) is 11.2 Å². The lowest BCUT2D eigenvalue weighted by Crippen LogP contribution is -2.59. The van der Waals surface area contributed by atoms with Gasteiger partial charge >= 0.3 is 6.09 Å². The largest absolute Gasteiger partial charge is 0.444 e. The predicted molar refractivity (Wildman–Crippen MR) is 134 cm³/mol. The van der Waals surface area contributed by atoms with Crippen molar-refractivity contribution in [2.45, 2.75) is 84.7 Å². The Morgan fingerprint density at radius 3 is 2.00 bits per heavy atom. The molecule has 0 heterocycles. The third-order valence-corrected chi connectivity index (χ3v) is 4.83. The van der Waals surface area contributed by atoms with Gasteiger partial charge in [-0.05, 0) is 73.1 Å². The Balaban J connectivity index is 3.47. The number of amides is 3. The van der Waals surface area contributed by atoms with Crippen molar-refractivity contribution in [2.75, 3.05) is 5.75 Å². The summed E-state index contributed by atoms with van der Waals surface area (Å²) in [4.78, 5) is 40.9. The molecule has 1 aromatic carbocycles. The Kier molecular flexibility index (Phi) is 9.86. The Hall–Kier alpha value is -2.66. The van der Waals surface area contributed by atoms with Crippen LogP contribution in [0.25, 0.3) is 0 Å². The maximum atomic E-state index is 13.7. The number of hydrogen-bond acceptors (Lipinski definition) is 5. The molecule has 0 aromatic heterocycles. The second-order valence-corrected chi connectivity index (χ2v) is 10.5. The number of nitrogens with zero attached hydrogens (tertiary/aromatic N) is 1. The van der Waals surface area contributed by atoms with E-state index in [0.717, 1.165) is 0 Å². The number of hydrogen-bond donors (Lipinski definition) is 3. The lowest BCUT2D eigenvalue weighted by atomic mass is 9.95. The summed E-state index contributed by atoms with van der Waals surface area (Å²) in [7, 11) is 0. The molecule has 182 valence electrons. The van der Waals surface area contributed by atoms with Gasteiger partial charge in [0.05, 0.1) is 0 Å². The van der Waals surface area contributed by atoms with Crippen molar-refractivity contribution in [3.05, 3.63) is 35.4 Å². The zero-order valence-corrected chi connectivity index (χ0v) is 21.7. The molecular weight excluding hydrogens is 438 g/mol. The first-order chi connectivity index (χ1) is 15.1. The van der Waals surface area contributed by atoms with Crippen LogP contribution in [-0.4, -0.2) is 51.8 Å². The fraction of sp³-hybridized carbons (Fsp3) is 0.560. The Morgan fingerprint density at radius 1 is 1.06 bits per heavy atom. The lowest BCUT2D eigenvalue weighted by molar-refractivity contribution is -0.148. The topological polar surface area (TPSA) is 87.7 Å². The van der Waals surface area contributed by atoms with Gasteiger partial charge in [-0.1, -0.05) is 18.1 Å². The van der Waals surface area contributed by atoms with Crippen LogP contribution >= 0.6 is 12.6 Å². The average Bonchev–Trinajstić information content (AvgIpc) is 2.66. The Labute approximate surface area is 203 Å². The molecule has 0 saturated carbocycles.